The Kier molecular flexibility index (Phi) is 2.64. The molecule has 0 fully saturated rings. The van der Waals surface area contributed by atoms with Gasteiger partial charge in [-0.3, -0.25) is 4.98 Å². The predicted molar refractivity (Wildman–Crippen MR) is 54.3 cm³/mol. The molecule has 1 aromatic heterocycles. The number of nitrogens with zero attached hydrogens (tertiary/aromatic N) is 1. The molecule has 0 aliphatic rings. The van der Waals surface area contributed by atoms with Crippen LogP contribution in [0.3, 0.4) is 0 Å². The molecular weight excluding hydrogens is 215 g/mol. The zero-order valence-electron chi connectivity index (χ0n) is 8.47. The van der Waals surface area contributed by atoms with Gasteiger partial charge in [-0.25, -0.2) is 13.2 Å². The summed E-state index contributed by atoms with van der Waals surface area (Å²) in [7, 11) is 0. The van der Waals surface area contributed by atoms with Crippen molar-refractivity contribution in [3.63, 3.8) is 0 Å². The van der Waals surface area contributed by atoms with Crippen molar-refractivity contribution in [2.24, 2.45) is 0 Å². The Morgan fingerprint density at radius 1 is 1.00 bits per heavy atom. The summed E-state index contributed by atoms with van der Waals surface area (Å²) in [5, 5.41) is 0. The molecule has 2 aromatic rings. The first-order valence-corrected chi connectivity index (χ1v) is 4.66. The lowest BCUT2D eigenvalue weighted by atomic mass is 10.1. The first-order chi connectivity index (χ1) is 7.58. The number of rotatable bonds is 1. The van der Waals surface area contributed by atoms with Gasteiger partial charge in [-0.1, -0.05) is 6.07 Å². The first-order valence-electron chi connectivity index (χ1n) is 4.66. The standard InChI is InChI=1S/C12H8F3N/c1-7-3-2-4-11(16-7)12-9(14)5-8(13)6-10(12)15/h2-6H,1H3. The summed E-state index contributed by atoms with van der Waals surface area (Å²) >= 11 is 0. The van der Waals surface area contributed by atoms with E-state index in [4.69, 9.17) is 0 Å². The number of pyridine rings is 1. The van der Waals surface area contributed by atoms with Crippen LogP contribution in [0.15, 0.2) is 30.3 Å². The molecule has 0 unspecified atom stereocenters. The maximum Gasteiger partial charge on any atom is 0.138 e. The van der Waals surface area contributed by atoms with Crippen molar-refractivity contribution in [3.05, 3.63) is 53.5 Å². The van der Waals surface area contributed by atoms with Gasteiger partial charge in [-0.2, -0.15) is 0 Å². The number of benzene rings is 1. The van der Waals surface area contributed by atoms with Crippen molar-refractivity contribution < 1.29 is 13.2 Å². The van der Waals surface area contributed by atoms with Gasteiger partial charge in [0.05, 0.1) is 11.3 Å². The van der Waals surface area contributed by atoms with Crippen LogP contribution in [0.5, 0.6) is 0 Å². The van der Waals surface area contributed by atoms with Crippen LogP contribution in [0, 0.1) is 24.4 Å². The van der Waals surface area contributed by atoms with E-state index < -0.39 is 17.5 Å². The topological polar surface area (TPSA) is 12.9 Å². The van der Waals surface area contributed by atoms with Crippen molar-refractivity contribution in [1.29, 1.82) is 0 Å². The molecule has 4 heteroatoms. The third-order valence-corrected chi connectivity index (χ3v) is 2.15. The van der Waals surface area contributed by atoms with E-state index in [1.807, 2.05) is 0 Å². The van der Waals surface area contributed by atoms with Crippen molar-refractivity contribution in [2.75, 3.05) is 0 Å². The third kappa shape index (κ3) is 1.91. The minimum absolute atomic E-state index is 0.162. The van der Waals surface area contributed by atoms with E-state index in [1.54, 1.807) is 19.1 Å². The number of halogens is 3. The van der Waals surface area contributed by atoms with Crippen molar-refractivity contribution in [2.45, 2.75) is 6.92 Å². The molecule has 0 bridgehead atoms. The minimum Gasteiger partial charge on any atom is -0.253 e. The van der Waals surface area contributed by atoms with Crippen LogP contribution in [0.4, 0.5) is 13.2 Å². The lowest BCUT2D eigenvalue weighted by Crippen LogP contribution is -1.95. The van der Waals surface area contributed by atoms with E-state index in [9.17, 15) is 13.2 Å². The Hall–Kier alpha value is -1.84. The fourth-order valence-electron chi connectivity index (χ4n) is 1.47. The molecule has 1 heterocycles. The van der Waals surface area contributed by atoms with Gasteiger partial charge in [0.25, 0.3) is 0 Å². The molecule has 2 rings (SSSR count). The summed E-state index contributed by atoms with van der Waals surface area (Å²) in [5.41, 5.74) is 0.501. The zero-order valence-corrected chi connectivity index (χ0v) is 8.47. The van der Waals surface area contributed by atoms with E-state index >= 15 is 0 Å². The highest BCUT2D eigenvalue weighted by atomic mass is 19.1. The smallest absolute Gasteiger partial charge is 0.138 e. The second-order valence-corrected chi connectivity index (χ2v) is 3.41. The monoisotopic (exact) mass is 223 g/mol. The first kappa shape index (κ1) is 10.7. The molecule has 16 heavy (non-hydrogen) atoms. The highest BCUT2D eigenvalue weighted by molar-refractivity contribution is 5.60. The van der Waals surface area contributed by atoms with E-state index in [-0.39, 0.29) is 11.3 Å². The van der Waals surface area contributed by atoms with Crippen LogP contribution in [-0.2, 0) is 0 Å². The Balaban J connectivity index is 2.64. The number of aryl methyl sites for hydroxylation is 1. The maximum atomic E-state index is 13.4. The van der Waals surface area contributed by atoms with Crippen molar-refractivity contribution in [3.8, 4) is 11.3 Å². The molecule has 0 spiro atoms. The number of hydrogen-bond acceptors (Lipinski definition) is 1. The molecular formula is C12H8F3N. The SMILES string of the molecule is Cc1cccc(-c2c(F)cc(F)cc2F)n1. The van der Waals surface area contributed by atoms with E-state index in [0.717, 1.165) is 0 Å². The Labute approximate surface area is 90.6 Å². The van der Waals surface area contributed by atoms with E-state index in [1.165, 1.54) is 6.07 Å². The molecule has 1 aromatic carbocycles. The van der Waals surface area contributed by atoms with Crippen LogP contribution < -0.4 is 0 Å². The molecule has 1 nitrogen and oxygen atoms in total. The van der Waals surface area contributed by atoms with Gasteiger partial charge in [0.2, 0.25) is 0 Å². The second kappa shape index (κ2) is 3.96. The van der Waals surface area contributed by atoms with Gasteiger partial charge in [0.15, 0.2) is 0 Å². The summed E-state index contributed by atoms with van der Waals surface area (Å²) in [5.74, 6) is -2.84. The lowest BCUT2D eigenvalue weighted by Gasteiger charge is -2.05. The third-order valence-electron chi connectivity index (χ3n) is 2.15. The molecule has 0 amide bonds. The van der Waals surface area contributed by atoms with Gasteiger partial charge in [0, 0.05) is 17.8 Å². The highest BCUT2D eigenvalue weighted by Gasteiger charge is 2.14. The van der Waals surface area contributed by atoms with Crippen LogP contribution >= 0.6 is 0 Å². The highest BCUT2D eigenvalue weighted by Crippen LogP contribution is 2.25. The van der Waals surface area contributed by atoms with Gasteiger partial charge in [-0.15, -0.1) is 0 Å². The molecule has 0 aliphatic carbocycles. The van der Waals surface area contributed by atoms with Crippen LogP contribution in [0.1, 0.15) is 5.69 Å². The summed E-state index contributed by atoms with van der Waals surface area (Å²) in [4.78, 5) is 3.99. The molecule has 0 saturated carbocycles. The van der Waals surface area contributed by atoms with Gasteiger partial charge in [0.1, 0.15) is 17.5 Å². The van der Waals surface area contributed by atoms with Gasteiger partial charge >= 0.3 is 0 Å². The van der Waals surface area contributed by atoms with Crippen LogP contribution in [-0.4, -0.2) is 4.98 Å². The molecule has 0 atom stereocenters. The fourth-order valence-corrected chi connectivity index (χ4v) is 1.47. The quantitative estimate of drug-likeness (QED) is 0.721. The Bertz CT molecular complexity index is 515. The Morgan fingerprint density at radius 2 is 1.62 bits per heavy atom. The average molecular weight is 223 g/mol. The molecule has 82 valence electrons. The maximum absolute atomic E-state index is 13.4. The van der Waals surface area contributed by atoms with E-state index in [2.05, 4.69) is 4.98 Å². The second-order valence-electron chi connectivity index (χ2n) is 3.41. The summed E-state index contributed by atoms with van der Waals surface area (Å²) in [6.07, 6.45) is 0. The van der Waals surface area contributed by atoms with Crippen molar-refractivity contribution >= 4 is 0 Å². The summed E-state index contributed by atoms with van der Waals surface area (Å²) < 4.78 is 39.5. The average Bonchev–Trinajstić information content (AvgIpc) is 2.15. The molecule has 0 N–H and O–H groups in total. The number of aromatic nitrogens is 1. The minimum atomic E-state index is -0.949. The van der Waals surface area contributed by atoms with E-state index in [0.29, 0.717) is 17.8 Å². The van der Waals surface area contributed by atoms with Crippen LogP contribution in [0.25, 0.3) is 11.3 Å². The van der Waals surface area contributed by atoms with Gasteiger partial charge in [-0.05, 0) is 19.1 Å². The molecule has 0 saturated heterocycles. The lowest BCUT2D eigenvalue weighted by molar-refractivity contribution is 0.547. The van der Waals surface area contributed by atoms with Gasteiger partial charge < -0.3 is 0 Å². The zero-order chi connectivity index (χ0) is 11.7. The summed E-state index contributed by atoms with van der Waals surface area (Å²) in [6, 6.07) is 6.11. The normalized spacial score (nSPS) is 10.5. The fraction of sp³-hybridized carbons (Fsp3) is 0.0833. The Morgan fingerprint density at radius 3 is 2.19 bits per heavy atom. The largest absolute Gasteiger partial charge is 0.253 e. The van der Waals surface area contributed by atoms with Crippen LogP contribution in [0.2, 0.25) is 0 Å². The molecule has 0 radical (unpaired) electrons. The summed E-state index contributed by atoms with van der Waals surface area (Å²) in [6.45, 7) is 1.71. The predicted octanol–water partition coefficient (Wildman–Crippen LogP) is 3.47. The molecule has 0 aliphatic heterocycles. The van der Waals surface area contributed by atoms with Crippen molar-refractivity contribution in [1.82, 2.24) is 4.98 Å². The number of hydrogen-bond donors (Lipinski definition) is 0.